The molecule has 3 aromatic rings. The van der Waals surface area contributed by atoms with E-state index in [1.54, 1.807) is 4.57 Å². The van der Waals surface area contributed by atoms with Crippen molar-refractivity contribution in [3.63, 3.8) is 0 Å². The fourth-order valence-corrected chi connectivity index (χ4v) is 4.40. The second-order valence-corrected chi connectivity index (χ2v) is 10.3. The van der Waals surface area contributed by atoms with E-state index in [9.17, 15) is 4.79 Å². The molecule has 1 aromatic carbocycles. The maximum atomic E-state index is 13.3. The number of rotatable bonds is 8. The topological polar surface area (TPSA) is 77.1 Å². The highest BCUT2D eigenvalue weighted by molar-refractivity contribution is 7.98. The molecule has 0 N–H and O–H groups in total. The summed E-state index contributed by atoms with van der Waals surface area (Å²) in [6.07, 6.45) is 0. The number of thioether (sulfide) groups is 1. The van der Waals surface area contributed by atoms with Crippen molar-refractivity contribution < 1.29 is 4.52 Å². The van der Waals surface area contributed by atoms with Crippen LogP contribution < -0.4 is 5.56 Å². The van der Waals surface area contributed by atoms with Gasteiger partial charge in [-0.15, -0.1) is 0 Å². The number of hydrogen-bond acceptors (Lipinski definition) is 7. The zero-order valence-corrected chi connectivity index (χ0v) is 20.4. The van der Waals surface area contributed by atoms with Crippen molar-refractivity contribution in [2.75, 3.05) is 6.54 Å². The quantitative estimate of drug-likeness (QED) is 0.375. The smallest absolute Gasteiger partial charge is 0.262 e. The second-order valence-electron chi connectivity index (χ2n) is 9.35. The third-order valence-electron chi connectivity index (χ3n) is 5.18. The average Bonchev–Trinajstić information content (AvgIpc) is 3.17. The summed E-state index contributed by atoms with van der Waals surface area (Å²) in [6.45, 7) is 16.2. The molecule has 0 aliphatic rings. The Bertz CT molecular complexity index is 1070. The number of para-hydroxylation sites is 1. The van der Waals surface area contributed by atoms with Crippen LogP contribution in [-0.4, -0.2) is 43.2 Å². The molecule has 168 valence electrons. The van der Waals surface area contributed by atoms with Crippen molar-refractivity contribution in [3.05, 3.63) is 46.3 Å². The Labute approximate surface area is 188 Å². The van der Waals surface area contributed by atoms with Crippen LogP contribution in [0.25, 0.3) is 10.9 Å². The van der Waals surface area contributed by atoms with Crippen molar-refractivity contribution in [2.45, 2.75) is 83.4 Å². The van der Waals surface area contributed by atoms with Gasteiger partial charge in [0, 0.05) is 30.6 Å². The van der Waals surface area contributed by atoms with Crippen LogP contribution in [0.4, 0.5) is 0 Å². The van der Waals surface area contributed by atoms with Crippen molar-refractivity contribution >= 4 is 22.7 Å². The predicted molar refractivity (Wildman–Crippen MR) is 126 cm³/mol. The Morgan fingerprint density at radius 2 is 1.77 bits per heavy atom. The molecule has 0 saturated heterocycles. The lowest BCUT2D eigenvalue weighted by Crippen LogP contribution is -2.40. The van der Waals surface area contributed by atoms with Crippen LogP contribution in [0.3, 0.4) is 0 Å². The third-order valence-corrected chi connectivity index (χ3v) is 6.15. The monoisotopic (exact) mass is 443 g/mol. The van der Waals surface area contributed by atoms with Gasteiger partial charge in [-0.25, -0.2) is 4.98 Å². The van der Waals surface area contributed by atoms with Gasteiger partial charge in [-0.2, -0.15) is 4.98 Å². The van der Waals surface area contributed by atoms with E-state index in [2.05, 4.69) is 42.7 Å². The van der Waals surface area contributed by atoms with Crippen LogP contribution in [0.15, 0.2) is 38.7 Å². The Balaban J connectivity index is 1.90. The summed E-state index contributed by atoms with van der Waals surface area (Å²) in [5.41, 5.74) is 0.500. The van der Waals surface area contributed by atoms with Gasteiger partial charge < -0.3 is 4.52 Å². The minimum absolute atomic E-state index is 0.0101. The average molecular weight is 444 g/mol. The molecule has 7 nitrogen and oxygen atoms in total. The van der Waals surface area contributed by atoms with E-state index in [0.29, 0.717) is 52.2 Å². The first-order valence-electron chi connectivity index (χ1n) is 10.8. The lowest BCUT2D eigenvalue weighted by Gasteiger charge is -2.30. The van der Waals surface area contributed by atoms with Gasteiger partial charge in [0.1, 0.15) is 0 Å². The molecule has 0 atom stereocenters. The summed E-state index contributed by atoms with van der Waals surface area (Å²) in [7, 11) is 0. The first-order valence-corrected chi connectivity index (χ1v) is 11.8. The van der Waals surface area contributed by atoms with Gasteiger partial charge in [0.05, 0.1) is 16.7 Å². The fraction of sp³-hybridized carbons (Fsp3) is 0.565. The summed E-state index contributed by atoms with van der Waals surface area (Å²) in [6, 6.07) is 8.30. The molecule has 2 aromatic heterocycles. The van der Waals surface area contributed by atoms with Crippen LogP contribution in [0.2, 0.25) is 0 Å². The highest BCUT2D eigenvalue weighted by Gasteiger charge is 2.22. The Morgan fingerprint density at radius 3 is 2.39 bits per heavy atom. The minimum Gasteiger partial charge on any atom is -0.339 e. The van der Waals surface area contributed by atoms with Crippen LogP contribution in [0.5, 0.6) is 0 Å². The number of aromatic nitrogens is 4. The van der Waals surface area contributed by atoms with Gasteiger partial charge >= 0.3 is 0 Å². The predicted octanol–water partition coefficient (Wildman–Crippen LogP) is 4.49. The van der Waals surface area contributed by atoms with Crippen LogP contribution in [-0.2, 0) is 17.7 Å². The molecule has 0 spiro atoms. The standard InChI is InChI=1S/C23H33N5O2S/c1-15(2)27(16(3)4)12-13-28-20(29)17-10-8-9-11-18(17)24-22(28)31-14-19-25-21(30-26-19)23(5,6)7/h8-11,15-16H,12-14H2,1-7H3. The van der Waals surface area contributed by atoms with E-state index in [4.69, 9.17) is 9.51 Å². The van der Waals surface area contributed by atoms with Gasteiger partial charge in [0.2, 0.25) is 5.89 Å². The number of hydrogen-bond donors (Lipinski definition) is 0. The minimum atomic E-state index is -0.198. The van der Waals surface area contributed by atoms with Gasteiger partial charge in [-0.3, -0.25) is 14.3 Å². The van der Waals surface area contributed by atoms with E-state index < -0.39 is 0 Å². The Kier molecular flexibility index (Phi) is 7.21. The summed E-state index contributed by atoms with van der Waals surface area (Å²) in [5, 5.41) is 5.42. The maximum Gasteiger partial charge on any atom is 0.262 e. The molecule has 0 fully saturated rings. The largest absolute Gasteiger partial charge is 0.339 e. The molecular formula is C23H33N5O2S. The lowest BCUT2D eigenvalue weighted by atomic mass is 9.97. The highest BCUT2D eigenvalue weighted by atomic mass is 32.2. The Morgan fingerprint density at radius 1 is 1.10 bits per heavy atom. The van der Waals surface area contributed by atoms with Gasteiger partial charge in [-0.1, -0.05) is 49.8 Å². The summed E-state index contributed by atoms with van der Waals surface area (Å²) >= 11 is 1.47. The SMILES string of the molecule is CC(C)N(CCn1c(SCc2noc(C(C)(C)C)n2)nc2ccccc2c1=O)C(C)C. The molecule has 0 bridgehead atoms. The van der Waals surface area contributed by atoms with E-state index in [0.717, 1.165) is 6.54 Å². The number of benzene rings is 1. The summed E-state index contributed by atoms with van der Waals surface area (Å²) in [4.78, 5) is 25.0. The highest BCUT2D eigenvalue weighted by Crippen LogP contribution is 2.24. The zero-order chi connectivity index (χ0) is 22.8. The van der Waals surface area contributed by atoms with E-state index in [-0.39, 0.29) is 11.0 Å². The van der Waals surface area contributed by atoms with Crippen LogP contribution in [0, 0.1) is 0 Å². The first kappa shape index (κ1) is 23.5. The summed E-state index contributed by atoms with van der Waals surface area (Å²) in [5.74, 6) is 1.70. The molecule has 0 aliphatic carbocycles. The molecule has 2 heterocycles. The number of fused-ring (bicyclic) bond motifs is 1. The second kappa shape index (κ2) is 9.53. The molecular weight excluding hydrogens is 410 g/mol. The van der Waals surface area contributed by atoms with E-state index >= 15 is 0 Å². The maximum absolute atomic E-state index is 13.3. The molecule has 0 amide bonds. The molecule has 0 saturated carbocycles. The molecule has 0 radical (unpaired) electrons. The van der Waals surface area contributed by atoms with Gasteiger partial charge in [0.25, 0.3) is 5.56 Å². The number of nitrogens with zero attached hydrogens (tertiary/aromatic N) is 5. The van der Waals surface area contributed by atoms with Crippen molar-refractivity contribution in [3.8, 4) is 0 Å². The lowest BCUT2D eigenvalue weighted by molar-refractivity contribution is 0.166. The molecule has 8 heteroatoms. The van der Waals surface area contributed by atoms with Crippen molar-refractivity contribution in [1.29, 1.82) is 0 Å². The molecule has 3 rings (SSSR count). The van der Waals surface area contributed by atoms with Crippen LogP contribution >= 0.6 is 11.8 Å². The van der Waals surface area contributed by atoms with E-state index in [1.165, 1.54) is 11.8 Å². The fourth-order valence-electron chi connectivity index (χ4n) is 3.53. The van der Waals surface area contributed by atoms with Crippen molar-refractivity contribution in [2.24, 2.45) is 0 Å². The Hall–Kier alpha value is -2.19. The summed E-state index contributed by atoms with van der Waals surface area (Å²) < 4.78 is 7.19. The zero-order valence-electron chi connectivity index (χ0n) is 19.5. The van der Waals surface area contributed by atoms with Gasteiger partial charge in [0.15, 0.2) is 11.0 Å². The normalized spacial score (nSPS) is 12.6. The van der Waals surface area contributed by atoms with Gasteiger partial charge in [-0.05, 0) is 39.8 Å². The third kappa shape index (κ3) is 5.54. The molecule has 31 heavy (non-hydrogen) atoms. The van der Waals surface area contributed by atoms with Crippen LogP contribution in [0.1, 0.15) is 60.2 Å². The molecule has 0 unspecified atom stereocenters. The molecule has 0 aliphatic heterocycles. The first-order chi connectivity index (χ1) is 14.6. The van der Waals surface area contributed by atoms with Crippen molar-refractivity contribution in [1.82, 2.24) is 24.6 Å². The van der Waals surface area contributed by atoms with E-state index in [1.807, 2.05) is 45.0 Å².